The molecule has 1 amide bonds. The molecule has 2 atom stereocenters. The number of sulfone groups is 1. The van der Waals surface area contributed by atoms with Crippen LogP contribution in [0.15, 0.2) is 0 Å². The molecule has 0 spiro atoms. The first-order valence-corrected chi connectivity index (χ1v) is 9.04. The fraction of sp³-hybridized carbons (Fsp3) is 0.800. The summed E-state index contributed by atoms with van der Waals surface area (Å²) in [6.45, 7) is 2.70. The van der Waals surface area contributed by atoms with Gasteiger partial charge in [0.05, 0.1) is 11.5 Å². The van der Waals surface area contributed by atoms with Crippen molar-refractivity contribution >= 4 is 32.5 Å². The first-order chi connectivity index (χ1) is 8.68. The smallest absolute Gasteiger partial charge is 0.327 e. The molecule has 0 fully saturated rings. The summed E-state index contributed by atoms with van der Waals surface area (Å²) in [4.78, 5) is 21.6. The van der Waals surface area contributed by atoms with E-state index in [0.29, 0.717) is 0 Å². The molecule has 1 unspecified atom stereocenters. The van der Waals surface area contributed by atoms with Crippen LogP contribution < -0.4 is 5.32 Å². The van der Waals surface area contributed by atoms with Gasteiger partial charge in [0.25, 0.3) is 0 Å². The Kier molecular flexibility index (Phi) is 7.84. The van der Waals surface area contributed by atoms with Crippen LogP contribution in [-0.4, -0.2) is 58.7 Å². The van der Waals surface area contributed by atoms with Crippen LogP contribution in [0.5, 0.6) is 0 Å². The Hall–Kier alpha value is -0.960. The molecule has 0 aromatic heterocycles. The van der Waals surface area contributed by atoms with Crippen LogP contribution in [0.2, 0.25) is 0 Å². The summed E-state index contributed by atoms with van der Waals surface area (Å²) in [5, 5.41) is 11.0. The molecule has 0 saturated carbocycles. The van der Waals surface area contributed by atoms with Crippen molar-refractivity contribution in [3.63, 3.8) is 0 Å². The summed E-state index contributed by atoms with van der Waals surface area (Å²) in [5.41, 5.74) is 0. The van der Waals surface area contributed by atoms with Gasteiger partial charge in [-0.15, -0.1) is 0 Å². The number of rotatable bonds is 9. The zero-order chi connectivity index (χ0) is 15.1. The second-order valence-corrected chi connectivity index (χ2v) is 8.09. The minimum atomic E-state index is -3.10. The van der Waals surface area contributed by atoms with Crippen molar-refractivity contribution in [1.82, 2.24) is 5.32 Å². The number of amides is 1. The van der Waals surface area contributed by atoms with E-state index in [1.54, 1.807) is 0 Å². The minimum absolute atomic E-state index is 0.0310. The number of nitrogens with one attached hydrogen (secondary N) is 1. The van der Waals surface area contributed by atoms with Gasteiger partial charge in [-0.2, -0.15) is 0 Å². The molecule has 0 radical (unpaired) electrons. The van der Waals surface area contributed by atoms with E-state index in [1.165, 1.54) is 13.8 Å². The van der Waals surface area contributed by atoms with Crippen LogP contribution in [0.1, 0.15) is 20.3 Å². The van der Waals surface area contributed by atoms with Gasteiger partial charge in [-0.3, -0.25) is 9.00 Å². The molecule has 0 aliphatic heterocycles. The molecule has 19 heavy (non-hydrogen) atoms. The van der Waals surface area contributed by atoms with Crippen LogP contribution in [0.4, 0.5) is 0 Å². The fourth-order valence-corrected chi connectivity index (χ4v) is 3.56. The molecular formula is C10H19NO6S2. The maximum atomic E-state index is 11.6. The van der Waals surface area contributed by atoms with E-state index in [1.807, 2.05) is 0 Å². The molecule has 0 saturated heterocycles. The maximum Gasteiger partial charge on any atom is 0.327 e. The minimum Gasteiger partial charge on any atom is -0.480 e. The number of aliphatic carboxylic acids is 1. The number of carbonyl (C=O) groups is 2. The quantitative estimate of drug-likeness (QED) is 0.572. The van der Waals surface area contributed by atoms with E-state index in [9.17, 15) is 22.2 Å². The van der Waals surface area contributed by atoms with Crippen LogP contribution in [0, 0.1) is 0 Å². The van der Waals surface area contributed by atoms with Crippen molar-refractivity contribution in [2.24, 2.45) is 0 Å². The summed E-state index contributed by atoms with van der Waals surface area (Å²) >= 11 is 0. The van der Waals surface area contributed by atoms with E-state index in [0.717, 1.165) is 0 Å². The van der Waals surface area contributed by atoms with Crippen molar-refractivity contribution in [2.75, 3.05) is 23.0 Å². The van der Waals surface area contributed by atoms with E-state index >= 15 is 0 Å². The summed E-state index contributed by atoms with van der Waals surface area (Å²) in [6.07, 6.45) is 0.217. The highest BCUT2D eigenvalue weighted by molar-refractivity contribution is 7.91. The zero-order valence-electron chi connectivity index (χ0n) is 10.9. The lowest BCUT2D eigenvalue weighted by molar-refractivity contribution is -0.140. The van der Waals surface area contributed by atoms with Crippen LogP contribution in [0.25, 0.3) is 0 Å². The standard InChI is InChI=1S/C10H19NO6S2/c1-3-19(16,17)6-4-5-18(15)7-9(10(13)14)11-8(2)12/h9H,3-7H2,1-2H3,(H,11,12)(H,13,14)/t9-,18?/m0/s1. The SMILES string of the molecule is CCS(=O)(=O)CCCS(=O)C[C@H](NC(C)=O)C(=O)O. The van der Waals surface area contributed by atoms with Crippen LogP contribution >= 0.6 is 0 Å². The Morgan fingerprint density at radius 3 is 2.37 bits per heavy atom. The fourth-order valence-electron chi connectivity index (χ4n) is 1.27. The molecule has 112 valence electrons. The van der Waals surface area contributed by atoms with Gasteiger partial charge in [-0.1, -0.05) is 6.92 Å². The highest BCUT2D eigenvalue weighted by Crippen LogP contribution is 1.98. The Bertz CT molecular complexity index is 445. The molecule has 0 aliphatic carbocycles. The molecular weight excluding hydrogens is 294 g/mol. The van der Waals surface area contributed by atoms with Crippen molar-refractivity contribution in [3.8, 4) is 0 Å². The predicted molar refractivity (Wildman–Crippen MR) is 72.1 cm³/mol. The van der Waals surface area contributed by atoms with Crippen LogP contribution in [-0.2, 0) is 30.2 Å². The first-order valence-electron chi connectivity index (χ1n) is 5.73. The Balaban J connectivity index is 4.21. The number of carboxylic acid groups (broad SMARTS) is 1. The van der Waals surface area contributed by atoms with Gasteiger partial charge in [0.2, 0.25) is 5.91 Å². The number of carbonyl (C=O) groups excluding carboxylic acids is 1. The Labute approximate surface area is 115 Å². The molecule has 0 aromatic rings. The second-order valence-electron chi connectivity index (χ2n) is 3.99. The van der Waals surface area contributed by atoms with Crippen molar-refractivity contribution in [3.05, 3.63) is 0 Å². The topological polar surface area (TPSA) is 118 Å². The van der Waals surface area contributed by atoms with Gasteiger partial charge in [0.1, 0.15) is 15.9 Å². The summed E-state index contributed by atoms with van der Waals surface area (Å²) in [5.74, 6) is -1.93. The third-order valence-electron chi connectivity index (χ3n) is 2.30. The maximum absolute atomic E-state index is 11.6. The van der Waals surface area contributed by atoms with Crippen LogP contribution in [0.3, 0.4) is 0 Å². The molecule has 0 bridgehead atoms. The number of carboxylic acids is 1. The van der Waals surface area contributed by atoms with E-state index in [-0.39, 0.29) is 29.4 Å². The van der Waals surface area contributed by atoms with Gasteiger partial charge >= 0.3 is 5.97 Å². The predicted octanol–water partition coefficient (Wildman–Crippen LogP) is -0.851. The molecule has 0 aromatic carbocycles. The molecule has 0 rings (SSSR count). The zero-order valence-corrected chi connectivity index (χ0v) is 12.6. The number of hydrogen-bond acceptors (Lipinski definition) is 5. The molecule has 0 heterocycles. The monoisotopic (exact) mass is 313 g/mol. The summed E-state index contributed by atoms with van der Waals surface area (Å²) in [7, 11) is -4.58. The van der Waals surface area contributed by atoms with Gasteiger partial charge in [-0.25, -0.2) is 13.2 Å². The lowest BCUT2D eigenvalue weighted by Gasteiger charge is -2.12. The molecule has 0 aliphatic rings. The van der Waals surface area contributed by atoms with E-state index < -0.39 is 38.6 Å². The highest BCUT2D eigenvalue weighted by atomic mass is 32.2. The highest BCUT2D eigenvalue weighted by Gasteiger charge is 2.21. The van der Waals surface area contributed by atoms with Gasteiger partial charge in [0, 0.05) is 29.2 Å². The summed E-state index contributed by atoms with van der Waals surface area (Å²) < 4.78 is 34.0. The van der Waals surface area contributed by atoms with Gasteiger partial charge in [-0.05, 0) is 6.42 Å². The Morgan fingerprint density at radius 2 is 1.95 bits per heavy atom. The van der Waals surface area contributed by atoms with E-state index in [2.05, 4.69) is 5.32 Å². The average Bonchev–Trinajstić information content (AvgIpc) is 2.27. The molecule has 7 nitrogen and oxygen atoms in total. The largest absolute Gasteiger partial charge is 0.480 e. The lowest BCUT2D eigenvalue weighted by atomic mass is 10.3. The van der Waals surface area contributed by atoms with Gasteiger partial charge < -0.3 is 10.4 Å². The normalized spacial score (nSPS) is 14.6. The van der Waals surface area contributed by atoms with Gasteiger partial charge in [0.15, 0.2) is 0 Å². The average molecular weight is 313 g/mol. The lowest BCUT2D eigenvalue weighted by Crippen LogP contribution is -2.43. The molecule has 9 heteroatoms. The van der Waals surface area contributed by atoms with E-state index in [4.69, 9.17) is 5.11 Å². The Morgan fingerprint density at radius 1 is 1.37 bits per heavy atom. The third kappa shape index (κ3) is 8.71. The van der Waals surface area contributed by atoms with Crippen molar-refractivity contribution < 1.29 is 27.3 Å². The van der Waals surface area contributed by atoms with Crippen molar-refractivity contribution in [1.29, 1.82) is 0 Å². The number of hydrogen-bond donors (Lipinski definition) is 2. The summed E-state index contributed by atoms with van der Waals surface area (Å²) in [6, 6.07) is -1.21. The van der Waals surface area contributed by atoms with Crippen molar-refractivity contribution in [2.45, 2.75) is 26.3 Å². The first kappa shape index (κ1) is 18.0. The molecule has 2 N–H and O–H groups in total. The third-order valence-corrected chi connectivity index (χ3v) is 5.53. The second kappa shape index (κ2) is 8.26.